The summed E-state index contributed by atoms with van der Waals surface area (Å²) in [6.45, 7) is 6.68. The maximum absolute atomic E-state index is 5.74. The van der Waals surface area contributed by atoms with Crippen LogP contribution >= 0.6 is 0 Å². The van der Waals surface area contributed by atoms with Crippen molar-refractivity contribution in [3.8, 4) is 11.5 Å². The fourth-order valence-corrected chi connectivity index (χ4v) is 3.80. The predicted molar refractivity (Wildman–Crippen MR) is 127 cm³/mol. The van der Waals surface area contributed by atoms with Crippen LogP contribution < -0.4 is 20.1 Å². The van der Waals surface area contributed by atoms with Gasteiger partial charge in [-0.2, -0.15) is 0 Å². The Kier molecular flexibility index (Phi) is 9.03. The number of aliphatic imine (C=N–C) groups is 1. The molecule has 6 nitrogen and oxygen atoms in total. The Morgan fingerprint density at radius 3 is 2.52 bits per heavy atom. The molecule has 1 aliphatic heterocycles. The highest BCUT2D eigenvalue weighted by molar-refractivity contribution is 5.80. The Hall–Kier alpha value is -2.73. The zero-order valence-corrected chi connectivity index (χ0v) is 19.1. The lowest BCUT2D eigenvalue weighted by molar-refractivity contribution is 0.198. The largest absolute Gasteiger partial charge is 0.493 e. The van der Waals surface area contributed by atoms with Gasteiger partial charge in [0.05, 0.1) is 13.7 Å². The molecule has 1 aliphatic rings. The minimum absolute atomic E-state index is 0.442. The molecule has 0 radical (unpaired) electrons. The van der Waals surface area contributed by atoms with Gasteiger partial charge in [-0.25, -0.2) is 0 Å². The minimum atomic E-state index is 0.442. The van der Waals surface area contributed by atoms with E-state index in [1.165, 1.54) is 5.56 Å². The van der Waals surface area contributed by atoms with E-state index in [1.54, 1.807) is 7.11 Å². The van der Waals surface area contributed by atoms with Crippen molar-refractivity contribution in [1.82, 2.24) is 15.5 Å². The zero-order valence-electron chi connectivity index (χ0n) is 19.1. The maximum atomic E-state index is 5.74. The lowest BCUT2D eigenvalue weighted by Gasteiger charge is -2.33. The molecule has 0 bridgehead atoms. The molecule has 6 heteroatoms. The number of hydrogen-bond donors (Lipinski definition) is 2. The molecule has 2 aromatic rings. The summed E-state index contributed by atoms with van der Waals surface area (Å²) in [6, 6.07) is 17.2. The maximum Gasteiger partial charge on any atom is 0.191 e. The lowest BCUT2D eigenvalue weighted by Crippen LogP contribution is -2.48. The van der Waals surface area contributed by atoms with E-state index in [0.29, 0.717) is 19.2 Å². The number of rotatable bonds is 9. The number of guanidine groups is 1. The van der Waals surface area contributed by atoms with Crippen LogP contribution in [0, 0.1) is 0 Å². The van der Waals surface area contributed by atoms with Crippen molar-refractivity contribution >= 4 is 5.96 Å². The van der Waals surface area contributed by atoms with Crippen LogP contribution in [0.2, 0.25) is 0 Å². The van der Waals surface area contributed by atoms with E-state index >= 15 is 0 Å². The summed E-state index contributed by atoms with van der Waals surface area (Å²) in [4.78, 5) is 6.94. The molecule has 0 aromatic heterocycles. The van der Waals surface area contributed by atoms with Gasteiger partial charge in [-0.15, -0.1) is 0 Å². The van der Waals surface area contributed by atoms with Crippen molar-refractivity contribution in [2.75, 3.05) is 33.9 Å². The monoisotopic (exact) mass is 424 g/mol. The van der Waals surface area contributed by atoms with Gasteiger partial charge >= 0.3 is 0 Å². The van der Waals surface area contributed by atoms with Gasteiger partial charge in [-0.3, -0.25) is 9.89 Å². The third kappa shape index (κ3) is 7.17. The molecular weight excluding hydrogens is 388 g/mol. The van der Waals surface area contributed by atoms with Crippen molar-refractivity contribution in [1.29, 1.82) is 0 Å². The molecule has 31 heavy (non-hydrogen) atoms. The first-order valence-electron chi connectivity index (χ1n) is 11.2. The van der Waals surface area contributed by atoms with E-state index in [0.717, 1.165) is 61.9 Å². The number of hydrogen-bond acceptors (Lipinski definition) is 4. The average Bonchev–Trinajstić information content (AvgIpc) is 2.82. The number of piperidine rings is 1. The first-order chi connectivity index (χ1) is 15.2. The molecule has 2 aromatic carbocycles. The molecule has 0 amide bonds. The van der Waals surface area contributed by atoms with Crippen LogP contribution in [0.15, 0.2) is 53.5 Å². The summed E-state index contributed by atoms with van der Waals surface area (Å²) in [5.74, 6) is 2.39. The van der Waals surface area contributed by atoms with Crippen LogP contribution in [0.3, 0.4) is 0 Å². The van der Waals surface area contributed by atoms with Gasteiger partial charge in [-0.05, 0) is 42.5 Å². The van der Waals surface area contributed by atoms with Crippen molar-refractivity contribution in [3.63, 3.8) is 0 Å². The topological polar surface area (TPSA) is 58.1 Å². The van der Waals surface area contributed by atoms with Crippen molar-refractivity contribution in [2.24, 2.45) is 4.99 Å². The van der Waals surface area contributed by atoms with Crippen LogP contribution in [0.4, 0.5) is 0 Å². The summed E-state index contributed by atoms with van der Waals surface area (Å²) in [6.07, 6.45) is 3.20. The van der Waals surface area contributed by atoms with Crippen LogP contribution in [0.1, 0.15) is 37.3 Å². The molecule has 3 rings (SSSR count). The molecule has 2 N–H and O–H groups in total. The Labute approximate surface area is 186 Å². The van der Waals surface area contributed by atoms with Crippen LogP contribution in [0.25, 0.3) is 0 Å². The highest BCUT2D eigenvalue weighted by Crippen LogP contribution is 2.28. The second-order valence-corrected chi connectivity index (χ2v) is 7.94. The third-order valence-electron chi connectivity index (χ3n) is 5.55. The molecular formula is C25H36N4O2. The second kappa shape index (κ2) is 12.2. The molecule has 0 unspecified atom stereocenters. The molecule has 1 fully saturated rings. The van der Waals surface area contributed by atoms with E-state index in [2.05, 4.69) is 63.8 Å². The van der Waals surface area contributed by atoms with E-state index in [1.807, 2.05) is 19.2 Å². The molecule has 0 spiro atoms. The van der Waals surface area contributed by atoms with E-state index in [9.17, 15) is 0 Å². The fraction of sp³-hybridized carbons (Fsp3) is 0.480. The summed E-state index contributed by atoms with van der Waals surface area (Å²) in [5, 5.41) is 7.01. The minimum Gasteiger partial charge on any atom is -0.493 e. The van der Waals surface area contributed by atoms with Gasteiger partial charge in [0.25, 0.3) is 0 Å². The fourth-order valence-electron chi connectivity index (χ4n) is 3.80. The smallest absolute Gasteiger partial charge is 0.191 e. The Morgan fingerprint density at radius 2 is 1.84 bits per heavy atom. The number of nitrogens with zero attached hydrogens (tertiary/aromatic N) is 2. The summed E-state index contributed by atoms with van der Waals surface area (Å²) < 4.78 is 11.2. The summed E-state index contributed by atoms with van der Waals surface area (Å²) in [5.41, 5.74) is 2.51. The number of methoxy groups -OCH3 is 1. The Bertz CT molecular complexity index is 818. The highest BCUT2D eigenvalue weighted by atomic mass is 16.5. The van der Waals surface area contributed by atoms with Gasteiger partial charge in [0.2, 0.25) is 0 Å². The van der Waals surface area contributed by atoms with Crippen LogP contribution in [-0.2, 0) is 13.1 Å². The molecule has 0 saturated carbocycles. The van der Waals surface area contributed by atoms with Crippen molar-refractivity contribution in [2.45, 2.75) is 45.3 Å². The normalized spacial score (nSPS) is 15.5. The Balaban J connectivity index is 1.45. The first kappa shape index (κ1) is 22.9. The Morgan fingerprint density at radius 1 is 1.06 bits per heavy atom. The van der Waals surface area contributed by atoms with E-state index in [-0.39, 0.29) is 0 Å². The number of benzene rings is 2. The number of likely N-dealkylation sites (tertiary alicyclic amines) is 1. The summed E-state index contributed by atoms with van der Waals surface area (Å²) >= 11 is 0. The van der Waals surface area contributed by atoms with Crippen LogP contribution in [-0.4, -0.2) is 50.8 Å². The van der Waals surface area contributed by atoms with Gasteiger partial charge < -0.3 is 20.1 Å². The highest BCUT2D eigenvalue weighted by Gasteiger charge is 2.20. The summed E-state index contributed by atoms with van der Waals surface area (Å²) in [7, 11) is 3.50. The van der Waals surface area contributed by atoms with E-state index < -0.39 is 0 Å². The predicted octanol–water partition coefficient (Wildman–Crippen LogP) is 3.81. The standard InChI is InChI=1S/C25H36N4O2/c1-4-16-31-23-11-10-21(17-24(23)30-3)18-27-25(26-2)28-22-12-14-29(15-13-22)19-20-8-6-5-7-9-20/h5-11,17,22H,4,12-16,18-19H2,1-3H3,(H2,26,27,28). The molecule has 1 saturated heterocycles. The van der Waals surface area contributed by atoms with Crippen molar-refractivity contribution in [3.05, 3.63) is 59.7 Å². The number of nitrogens with one attached hydrogen (secondary N) is 2. The molecule has 0 atom stereocenters. The van der Waals surface area contributed by atoms with E-state index in [4.69, 9.17) is 9.47 Å². The third-order valence-corrected chi connectivity index (χ3v) is 5.55. The zero-order chi connectivity index (χ0) is 21.9. The van der Waals surface area contributed by atoms with Gasteiger partial charge in [0.15, 0.2) is 17.5 Å². The van der Waals surface area contributed by atoms with Gasteiger partial charge in [-0.1, -0.05) is 43.3 Å². The lowest BCUT2D eigenvalue weighted by atomic mass is 10.0. The molecule has 1 heterocycles. The van der Waals surface area contributed by atoms with Crippen LogP contribution in [0.5, 0.6) is 11.5 Å². The second-order valence-electron chi connectivity index (χ2n) is 7.94. The SMILES string of the molecule is CCCOc1ccc(CNC(=NC)NC2CCN(Cc3ccccc3)CC2)cc1OC. The van der Waals surface area contributed by atoms with Crippen molar-refractivity contribution < 1.29 is 9.47 Å². The number of ether oxygens (including phenoxy) is 2. The molecule has 0 aliphatic carbocycles. The van der Waals surface area contributed by atoms with Gasteiger partial charge in [0.1, 0.15) is 0 Å². The quantitative estimate of drug-likeness (QED) is 0.474. The first-order valence-corrected chi connectivity index (χ1v) is 11.2. The van der Waals surface area contributed by atoms with Gasteiger partial charge in [0, 0.05) is 39.3 Å². The molecule has 168 valence electrons. The average molecular weight is 425 g/mol.